The molecule has 2 aliphatic rings. The van der Waals surface area contributed by atoms with E-state index in [1.165, 1.54) is 103 Å². The number of carbonyl (C=O) groups excluding carboxylic acids is 11. The van der Waals surface area contributed by atoms with E-state index in [1.807, 2.05) is 31.4 Å². The summed E-state index contributed by atoms with van der Waals surface area (Å²) < 4.78 is 45.0. The quantitative estimate of drug-likeness (QED) is 0.00756. The van der Waals surface area contributed by atoms with Crippen molar-refractivity contribution in [3.8, 4) is 6.07 Å². The molecule has 0 atom stereocenters. The second kappa shape index (κ2) is 56.4. The van der Waals surface area contributed by atoms with Crippen LogP contribution in [-0.2, 0) is 68.2 Å². The number of nitrogens with zero attached hydrogens (tertiary/aromatic N) is 9. The number of hydrogen-bond donors (Lipinski definition) is 13. The van der Waals surface area contributed by atoms with Crippen molar-refractivity contribution < 1.29 is 146 Å². The first-order chi connectivity index (χ1) is 65.0. The molecule has 0 bridgehead atoms. The zero-order valence-electron chi connectivity index (χ0n) is 76.9. The minimum Gasteiger partial charge on any atom is -1.00 e. The first-order valence-electron chi connectivity index (χ1n) is 39.0. The number of hydrazine groups is 2. The van der Waals surface area contributed by atoms with Crippen LogP contribution in [0.2, 0.25) is 0 Å². The molecule has 17 N–H and O–H groups in total. The number of methoxy groups -OCH3 is 7. The van der Waals surface area contributed by atoms with Gasteiger partial charge in [-0.15, -0.1) is 0 Å². The number of hydrogen-bond acceptors (Lipinski definition) is 43. The number of nitrogens with one attached hydrogen (secondary N) is 8. The average molecular weight is 1920 g/mol. The molecule has 14 rings (SSSR count). The van der Waals surface area contributed by atoms with Gasteiger partial charge in [0.15, 0.2) is 29.1 Å². The van der Waals surface area contributed by atoms with Crippen LogP contribution in [0.4, 0.5) is 34.4 Å². The molecule has 7 aromatic carbocycles. The van der Waals surface area contributed by atoms with Gasteiger partial charge < -0.3 is 85.2 Å². The van der Waals surface area contributed by atoms with Gasteiger partial charge >= 0.3 is 101 Å². The van der Waals surface area contributed by atoms with Gasteiger partial charge in [-0.2, -0.15) is 15.5 Å². The van der Waals surface area contributed by atoms with Crippen LogP contribution in [0.3, 0.4) is 0 Å². The molecule has 138 heavy (non-hydrogen) atoms. The summed E-state index contributed by atoms with van der Waals surface area (Å²) in [4.78, 5) is 230. The fraction of sp³-hybridized carbons (Fsp3) is 0.212. The maximum absolute atomic E-state index is 12.0. The predicted octanol–water partition coefficient (Wildman–Crippen LogP) is 1.93. The number of aromatic nitrogens is 10. The van der Waals surface area contributed by atoms with Crippen LogP contribution in [-0.4, -0.2) is 222 Å². The maximum atomic E-state index is 12.0. The smallest absolute Gasteiger partial charge is 1.00 e. The molecular formula is C85H88BN21NaO30. The molecule has 7 heterocycles. The number of carbonyl (C=O) groups is 12. The summed E-state index contributed by atoms with van der Waals surface area (Å²) >= 11 is 0. The third-order valence-corrected chi connectivity index (χ3v) is 17.4. The maximum Gasteiger partial charge on any atom is 1.00 e. The summed E-state index contributed by atoms with van der Waals surface area (Å²) in [7, 11) is 8.32. The number of amidine groups is 2. The van der Waals surface area contributed by atoms with Crippen LogP contribution in [0.5, 0.6) is 0 Å². The second-order valence-electron chi connectivity index (χ2n) is 25.5. The number of nitrogen functional groups attached to an aromatic ring is 1. The van der Waals surface area contributed by atoms with Gasteiger partial charge in [-0.05, 0) is 99.6 Å². The zero-order valence-corrected chi connectivity index (χ0v) is 77.9. The van der Waals surface area contributed by atoms with E-state index in [0.717, 1.165) is 43.6 Å². The standard InChI is InChI=1S/C13H12N2O5.C12H12N2O3.C11H10N4O.C11H8N2O5.C10H8N6O2.C10H9NO6.C10H11NO4.C4H5NO2.C4H8O2.B.H4N2.Na.H/c1-3-20-13(18)10-14-8-6-4-5-7(12(17)19-2)9(8)11(16)15-10;1-3-9-13-8-6-4-5-7(12(16)17-2)10(8)11(15)14-9;1-2-8-12-7-5-3-4-6-9(7)10(13-8)14-15-11(6)16;1-18-11(17)5-3-2-4-6-7(5)9(14)13-8(12-6)10(15)16;11-14-10(18)8-12-5-3-1-2-4-6(5)7(13-8)15-16-9(4)17;1-16-9(12)6-4-3-5-7(11(14)15)8(6)10(13)17-2;1-14-9(12)6-4-3-5-7(11)8(6)10(13)15-2;1-2-7-4(6)3-5;1-3-6-4(2)5;;1-2;;/h4-6H,3H2,1-2H3,(H,14,15,16);4-6H,3H2,1-2H3,(H,13,14,15);3-5H,2H2,1H3,(H,15,16)(H,12,13,14);2-4H,1H3,(H,15,16)(H,12,13,14);1-3H,11H2,(H,14,18)(H,16,17)(H,12,13,15);3-5H,1-2H3;3-5H,11H2,1-2H3;2H2,1H3;3H2,1-2H3;;1-2H2;;/q;;;;;;;;;;;+1;-1. The first kappa shape index (κ1) is 115. The number of esters is 10. The van der Waals surface area contributed by atoms with Gasteiger partial charge in [0, 0.05) is 39.9 Å². The van der Waals surface area contributed by atoms with Gasteiger partial charge in [-0.3, -0.25) is 60.8 Å². The number of anilines is 3. The van der Waals surface area contributed by atoms with Crippen molar-refractivity contribution in [2.75, 3.05) is 86.0 Å². The number of nitriles is 1. The number of aliphatic imine (C=N–C) groups is 2. The SMILES string of the molecule is CCC1=Nc2n[nH]c(=O)c3cccc(c23)N1.CCOC(=O)C#N.CCOC(=O)c1nc2cccc(C(=O)OC)c2c(=O)[nH]1.CCOC(C)=O.CCc1nc2cccc(C(=O)OC)c2c(=O)[nH]1.COC(=O)c1cccc(N)c1C(=O)OC.COC(=O)c1cccc([N+](=O)[O-])c1C(=O)OC.COC(=O)c1cccc2nc(C(=O)O)[nH]c(=O)c12.NN.NNC(=O)C1=Nc2n[nH]c(=O)c3cccc(c23)N1.[B].[H-].[Na+]. The van der Waals surface area contributed by atoms with Crippen molar-refractivity contribution in [2.45, 2.75) is 54.4 Å². The molecule has 51 nitrogen and oxygen atoms in total. The number of ether oxygens (including phenoxy) is 10. The van der Waals surface area contributed by atoms with Crippen LogP contribution in [0.15, 0.2) is 161 Å². The van der Waals surface area contributed by atoms with Crippen molar-refractivity contribution >= 4 is 180 Å². The molecule has 5 aromatic heterocycles. The van der Waals surface area contributed by atoms with Gasteiger partial charge in [-0.1, -0.05) is 56.3 Å². The summed E-state index contributed by atoms with van der Waals surface area (Å²) in [6, 6.07) is 33.9. The average Bonchev–Trinajstić information content (AvgIpc) is 0.779. The molecule has 0 saturated carbocycles. The van der Waals surface area contributed by atoms with Gasteiger partial charge in [0.2, 0.25) is 11.6 Å². The molecule has 0 saturated heterocycles. The van der Waals surface area contributed by atoms with Crippen molar-refractivity contribution in [3.63, 3.8) is 0 Å². The number of amides is 1. The van der Waals surface area contributed by atoms with E-state index in [0.29, 0.717) is 52.0 Å². The largest absolute Gasteiger partial charge is 1.00 e. The molecule has 3 radical (unpaired) electrons. The van der Waals surface area contributed by atoms with E-state index >= 15 is 0 Å². The van der Waals surface area contributed by atoms with Crippen molar-refractivity contribution in [1.82, 2.24) is 55.7 Å². The number of benzene rings is 7. The third kappa shape index (κ3) is 30.0. The molecule has 0 aliphatic carbocycles. The summed E-state index contributed by atoms with van der Waals surface area (Å²) in [5.41, 5.74) is 7.39. The zero-order chi connectivity index (χ0) is 101. The molecular weight excluding hydrogens is 1830 g/mol. The molecule has 0 fully saturated rings. The van der Waals surface area contributed by atoms with Gasteiger partial charge in [0.25, 0.3) is 33.5 Å². The van der Waals surface area contributed by atoms with Gasteiger partial charge in [0.05, 0.1) is 174 Å². The molecule has 717 valence electrons. The van der Waals surface area contributed by atoms with E-state index in [4.69, 9.17) is 26.7 Å². The Hall–Kier alpha value is -17.5. The topological polar surface area (TPSA) is 778 Å². The van der Waals surface area contributed by atoms with Crippen LogP contribution in [0.1, 0.15) is 149 Å². The fourth-order valence-electron chi connectivity index (χ4n) is 11.6. The van der Waals surface area contributed by atoms with Crippen molar-refractivity contribution in [1.29, 1.82) is 5.26 Å². The Labute approximate surface area is 802 Å². The summed E-state index contributed by atoms with van der Waals surface area (Å²) in [5.74, 6) is 6.10. The summed E-state index contributed by atoms with van der Waals surface area (Å²) in [6.45, 7) is 11.3. The van der Waals surface area contributed by atoms with Gasteiger partial charge in [-0.25, -0.2) is 88.9 Å². The molecule has 1 amide bonds. The Kier molecular flexibility index (Phi) is 46.8. The van der Waals surface area contributed by atoms with Crippen LogP contribution >= 0.6 is 0 Å². The van der Waals surface area contributed by atoms with Crippen LogP contribution < -0.4 is 96.7 Å². The number of carboxylic acid groups (broad SMARTS) is 1. The number of carboxylic acids is 1. The molecule has 0 spiro atoms. The third-order valence-electron chi connectivity index (χ3n) is 17.4. The Morgan fingerprint density at radius 1 is 0.471 bits per heavy atom. The second-order valence-corrected chi connectivity index (χ2v) is 25.5. The number of fused-ring (bicyclic) bond motifs is 3. The van der Waals surface area contributed by atoms with Crippen molar-refractivity contribution in [3.05, 3.63) is 246 Å². The molecule has 12 aromatic rings. The Morgan fingerprint density at radius 2 is 0.855 bits per heavy atom. The number of aromatic carboxylic acids is 1. The number of nitro groups is 1. The van der Waals surface area contributed by atoms with E-state index in [1.54, 1.807) is 75.4 Å². The number of aryl methyl sites for hydroxylation is 1. The predicted molar refractivity (Wildman–Crippen MR) is 491 cm³/mol. The van der Waals surface area contributed by atoms with Crippen molar-refractivity contribution in [2.24, 2.45) is 27.5 Å². The number of H-pyrrole nitrogens is 5. The molecule has 53 heteroatoms. The first-order valence-corrected chi connectivity index (χ1v) is 39.0. The molecule has 0 unspecified atom stereocenters. The Bertz CT molecular complexity index is 7010. The monoisotopic (exact) mass is 1920 g/mol. The van der Waals surface area contributed by atoms with Crippen LogP contribution in [0.25, 0.3) is 54.3 Å². The Balaban J connectivity index is 0.000000534. The molecule has 2 aliphatic heterocycles. The number of nitro benzene ring substituents is 1. The normalized spacial score (nSPS) is 10.3. The Morgan fingerprint density at radius 3 is 1.25 bits per heavy atom. The summed E-state index contributed by atoms with van der Waals surface area (Å²) in [5, 5.41) is 48.6. The van der Waals surface area contributed by atoms with Crippen LogP contribution in [0, 0.1) is 21.4 Å². The van der Waals surface area contributed by atoms with Gasteiger partial charge in [0.1, 0.15) is 11.7 Å². The number of aromatic amines is 5. The van der Waals surface area contributed by atoms with E-state index in [2.05, 4.69) is 125 Å². The minimum atomic E-state index is -1.35. The van der Waals surface area contributed by atoms with E-state index in [9.17, 15) is 91.6 Å². The minimum absolute atomic E-state index is 0. The number of rotatable bonds is 16. The fourth-order valence-corrected chi connectivity index (χ4v) is 11.6. The number of nitrogens with two attached hydrogens (primary N) is 4. The van der Waals surface area contributed by atoms with E-state index in [-0.39, 0.29) is 159 Å². The summed E-state index contributed by atoms with van der Waals surface area (Å²) in [6.07, 6.45) is 1.43. The van der Waals surface area contributed by atoms with E-state index < -0.39 is 98.7 Å².